The van der Waals surface area contributed by atoms with Gasteiger partial charge in [-0.2, -0.15) is 0 Å². The highest BCUT2D eigenvalue weighted by molar-refractivity contribution is 6.55. The van der Waals surface area contributed by atoms with Crippen LogP contribution in [0.2, 0.25) is 0 Å². The van der Waals surface area contributed by atoms with Crippen LogP contribution in [0.25, 0.3) is 0 Å². The minimum absolute atomic E-state index is 0.136. The van der Waals surface area contributed by atoms with Crippen LogP contribution in [0.3, 0.4) is 0 Å². The van der Waals surface area contributed by atoms with Crippen LogP contribution in [0.4, 0.5) is 10.5 Å². The first-order valence-corrected chi connectivity index (χ1v) is 3.93. The molecule has 70 valence electrons. The molecule has 0 heterocycles. The molecule has 0 aliphatic rings. The first kappa shape index (κ1) is 10.3. The average Bonchev–Trinajstić information content (AvgIpc) is 2.17. The predicted octanol–water partition coefficient (Wildman–Crippen LogP) is 1.06. The van der Waals surface area contributed by atoms with Crippen LogP contribution in [0, 0.1) is 0 Å². The fraction of sp³-hybridized carbons (Fsp3) is 0.111. The van der Waals surface area contributed by atoms with Gasteiger partial charge < -0.3 is 10.1 Å². The molecular weight excluding hydrogens is 181 g/mol. The number of anilines is 1. The quantitative estimate of drug-likeness (QED) is 0.568. The largest absolute Gasteiger partial charge is 0.470 e. The van der Waals surface area contributed by atoms with E-state index in [-0.39, 0.29) is 6.61 Å². The zero-order valence-corrected chi connectivity index (χ0v) is 7.40. The van der Waals surface area contributed by atoms with Crippen molar-refractivity contribution in [1.82, 2.24) is 0 Å². The van der Waals surface area contributed by atoms with Gasteiger partial charge >= 0.3 is 0 Å². The van der Waals surface area contributed by atoms with Crippen molar-refractivity contribution >= 4 is 25.8 Å². The highest BCUT2D eigenvalue weighted by Gasteiger charge is 1.96. The van der Waals surface area contributed by atoms with E-state index in [9.17, 15) is 9.59 Å². The molecule has 5 heteroatoms. The second-order valence-corrected chi connectivity index (χ2v) is 2.57. The van der Waals surface area contributed by atoms with Crippen molar-refractivity contribution in [1.29, 1.82) is 0 Å². The minimum Gasteiger partial charge on any atom is -0.470 e. The van der Waals surface area contributed by atoms with E-state index in [4.69, 9.17) is 7.85 Å². The summed E-state index contributed by atoms with van der Waals surface area (Å²) in [4.78, 5) is 20.4. The van der Waals surface area contributed by atoms with Gasteiger partial charge in [-0.05, 0) is 17.7 Å². The summed E-state index contributed by atoms with van der Waals surface area (Å²) in [7, 11) is 4.80. The molecule has 1 amide bonds. The normalized spacial score (nSPS) is 9.14. The number of hydrogen-bond donors (Lipinski definition) is 1. The van der Waals surface area contributed by atoms with Gasteiger partial charge in [0, 0.05) is 5.69 Å². The summed E-state index contributed by atoms with van der Waals surface area (Å²) in [5, 5.41) is 2.49. The standard InChI is InChI=1S/C9H8BNO3/c10-9(13)14-5-7-1-3-8(4-2-7)11-6-12/h1-4,6H,5H2,(H,11,12). The fourth-order valence-electron chi connectivity index (χ4n) is 0.920. The summed E-state index contributed by atoms with van der Waals surface area (Å²) in [6, 6.07) is 6.87. The number of carbonyl (C=O) groups is 2. The highest BCUT2D eigenvalue weighted by Crippen LogP contribution is 2.09. The van der Waals surface area contributed by atoms with Crippen molar-refractivity contribution in [2.24, 2.45) is 0 Å². The van der Waals surface area contributed by atoms with E-state index in [0.29, 0.717) is 12.1 Å². The topological polar surface area (TPSA) is 55.4 Å². The Bertz CT molecular complexity index is 323. The van der Waals surface area contributed by atoms with Crippen LogP contribution in [0.1, 0.15) is 5.56 Å². The minimum atomic E-state index is -0.805. The second kappa shape index (κ2) is 5.06. The lowest BCUT2D eigenvalue weighted by Gasteiger charge is -2.03. The summed E-state index contributed by atoms with van der Waals surface area (Å²) >= 11 is 0. The number of ether oxygens (including phenoxy) is 1. The number of rotatable bonds is 4. The van der Waals surface area contributed by atoms with E-state index in [0.717, 1.165) is 5.56 Å². The van der Waals surface area contributed by atoms with Gasteiger partial charge in [-0.1, -0.05) is 12.1 Å². The maximum absolute atomic E-state index is 10.3. The van der Waals surface area contributed by atoms with Crippen molar-refractivity contribution in [3.05, 3.63) is 29.8 Å². The van der Waals surface area contributed by atoms with Crippen LogP contribution in [-0.4, -0.2) is 20.1 Å². The maximum Gasteiger partial charge on any atom is 0.236 e. The first-order chi connectivity index (χ1) is 6.72. The maximum atomic E-state index is 10.3. The molecule has 0 saturated heterocycles. The van der Waals surface area contributed by atoms with Gasteiger partial charge in [-0.3, -0.25) is 9.59 Å². The monoisotopic (exact) mass is 189 g/mol. The molecule has 1 rings (SSSR count). The molecular formula is C9H8BNO3. The predicted molar refractivity (Wildman–Crippen MR) is 52.1 cm³/mol. The molecule has 1 aromatic carbocycles. The van der Waals surface area contributed by atoms with Crippen LogP contribution in [0.15, 0.2) is 24.3 Å². The lowest BCUT2D eigenvalue weighted by atomic mass is 10.2. The van der Waals surface area contributed by atoms with Crippen LogP contribution < -0.4 is 5.32 Å². The van der Waals surface area contributed by atoms with E-state index in [2.05, 4.69) is 10.1 Å². The molecule has 0 saturated carbocycles. The van der Waals surface area contributed by atoms with E-state index in [1.165, 1.54) is 0 Å². The number of carbonyl (C=O) groups excluding carboxylic acids is 2. The Hall–Kier alpha value is -1.78. The number of hydrogen-bond acceptors (Lipinski definition) is 3. The molecule has 0 aromatic heterocycles. The SMILES string of the molecule is [B]C(=O)OCc1ccc(NC=O)cc1. The molecule has 0 aliphatic carbocycles. The summed E-state index contributed by atoms with van der Waals surface area (Å²) in [5.41, 5.74) is 1.49. The Balaban J connectivity index is 2.54. The van der Waals surface area contributed by atoms with Crippen molar-refractivity contribution in [3.8, 4) is 0 Å². The van der Waals surface area contributed by atoms with Gasteiger partial charge in [0.05, 0.1) is 0 Å². The van der Waals surface area contributed by atoms with Crippen LogP contribution in [0.5, 0.6) is 0 Å². The van der Waals surface area contributed by atoms with Crippen LogP contribution in [-0.2, 0) is 16.1 Å². The number of nitrogens with one attached hydrogen (secondary N) is 1. The van der Waals surface area contributed by atoms with Crippen molar-refractivity contribution < 1.29 is 14.3 Å². The lowest BCUT2D eigenvalue weighted by Crippen LogP contribution is -2.01. The molecule has 0 atom stereocenters. The summed E-state index contributed by atoms with van der Waals surface area (Å²) in [5.74, 6) is -0.805. The third-order valence-corrected chi connectivity index (χ3v) is 1.56. The van der Waals surface area contributed by atoms with Gasteiger partial charge in [0.1, 0.15) is 6.61 Å². The van der Waals surface area contributed by atoms with E-state index >= 15 is 0 Å². The molecule has 14 heavy (non-hydrogen) atoms. The average molecular weight is 189 g/mol. The smallest absolute Gasteiger partial charge is 0.236 e. The highest BCUT2D eigenvalue weighted by atomic mass is 16.5. The van der Waals surface area contributed by atoms with Gasteiger partial charge in [-0.15, -0.1) is 0 Å². The molecule has 0 aliphatic heterocycles. The summed E-state index contributed by atoms with van der Waals surface area (Å²) in [6.45, 7) is 0.136. The van der Waals surface area contributed by atoms with Gasteiger partial charge in [0.25, 0.3) is 0 Å². The Morgan fingerprint density at radius 1 is 1.43 bits per heavy atom. The zero-order chi connectivity index (χ0) is 10.4. The van der Waals surface area contributed by atoms with E-state index in [1.807, 2.05) is 0 Å². The van der Waals surface area contributed by atoms with Crippen LogP contribution >= 0.6 is 0 Å². The van der Waals surface area contributed by atoms with Crippen molar-refractivity contribution in [2.45, 2.75) is 6.61 Å². The summed E-state index contributed by atoms with van der Waals surface area (Å²) in [6.07, 6.45) is 0.592. The Kier molecular flexibility index (Phi) is 3.73. The molecule has 1 N–H and O–H groups in total. The van der Waals surface area contributed by atoms with Gasteiger partial charge in [0.2, 0.25) is 20.1 Å². The lowest BCUT2D eigenvalue weighted by molar-refractivity contribution is -0.105. The Labute approximate surface area is 82.7 Å². The van der Waals surface area contributed by atoms with Gasteiger partial charge in [0.15, 0.2) is 0 Å². The molecule has 1 aromatic rings. The zero-order valence-electron chi connectivity index (χ0n) is 7.40. The van der Waals surface area contributed by atoms with Crippen molar-refractivity contribution in [2.75, 3.05) is 5.32 Å². The third-order valence-electron chi connectivity index (χ3n) is 1.56. The summed E-state index contributed by atoms with van der Waals surface area (Å²) < 4.78 is 4.58. The molecule has 2 radical (unpaired) electrons. The van der Waals surface area contributed by atoms with E-state index < -0.39 is 5.87 Å². The number of amides is 1. The molecule has 0 bridgehead atoms. The Morgan fingerprint density at radius 3 is 2.57 bits per heavy atom. The second-order valence-electron chi connectivity index (χ2n) is 2.57. The van der Waals surface area contributed by atoms with Gasteiger partial charge in [-0.25, -0.2) is 0 Å². The first-order valence-electron chi connectivity index (χ1n) is 3.93. The molecule has 0 spiro atoms. The number of benzene rings is 1. The fourth-order valence-corrected chi connectivity index (χ4v) is 0.920. The molecule has 0 fully saturated rings. The molecule has 0 unspecified atom stereocenters. The Morgan fingerprint density at radius 2 is 2.07 bits per heavy atom. The third kappa shape index (κ3) is 3.31. The van der Waals surface area contributed by atoms with E-state index in [1.54, 1.807) is 24.3 Å². The van der Waals surface area contributed by atoms with Crippen molar-refractivity contribution in [3.63, 3.8) is 0 Å². The molecule has 4 nitrogen and oxygen atoms in total.